The van der Waals surface area contributed by atoms with E-state index < -0.39 is 0 Å². The number of anilines is 1. The molecule has 0 fully saturated rings. The Balaban J connectivity index is 1.65. The second kappa shape index (κ2) is 9.06. The first-order chi connectivity index (χ1) is 14.6. The van der Waals surface area contributed by atoms with Crippen LogP contribution in [0.3, 0.4) is 0 Å². The van der Waals surface area contributed by atoms with Crippen LogP contribution in [-0.4, -0.2) is 30.9 Å². The number of aryl methyl sites for hydroxylation is 1. The lowest BCUT2D eigenvalue weighted by atomic mass is 10.2. The van der Waals surface area contributed by atoms with Gasteiger partial charge in [-0.3, -0.25) is 4.79 Å². The van der Waals surface area contributed by atoms with Gasteiger partial charge in [0.25, 0.3) is 5.91 Å². The lowest BCUT2D eigenvalue weighted by Gasteiger charge is -2.09. The maximum absolute atomic E-state index is 12.9. The van der Waals surface area contributed by atoms with Crippen LogP contribution in [0.4, 0.5) is 5.69 Å². The molecule has 0 saturated carbocycles. The SMILES string of the molecule is Cc1ccc(-n2nnc(C(=O)Nc3ccc(Cl)cc3)c2CSc2ncccn2)cc1. The third-order valence-electron chi connectivity index (χ3n) is 4.24. The van der Waals surface area contributed by atoms with Gasteiger partial charge >= 0.3 is 0 Å². The van der Waals surface area contributed by atoms with Crippen molar-refractivity contribution in [2.45, 2.75) is 17.8 Å². The van der Waals surface area contributed by atoms with E-state index in [1.807, 2.05) is 31.2 Å². The normalized spacial score (nSPS) is 10.7. The molecular formula is C21H17ClN6OS. The summed E-state index contributed by atoms with van der Waals surface area (Å²) in [4.78, 5) is 21.4. The Kier molecular flexibility index (Phi) is 6.06. The van der Waals surface area contributed by atoms with Gasteiger partial charge in [0, 0.05) is 28.9 Å². The van der Waals surface area contributed by atoms with Crippen LogP contribution in [0.1, 0.15) is 21.7 Å². The van der Waals surface area contributed by atoms with Gasteiger partial charge in [0.1, 0.15) is 0 Å². The summed E-state index contributed by atoms with van der Waals surface area (Å²) in [7, 11) is 0. The van der Waals surface area contributed by atoms with E-state index in [9.17, 15) is 4.79 Å². The number of rotatable bonds is 6. The third kappa shape index (κ3) is 4.67. The van der Waals surface area contributed by atoms with E-state index in [4.69, 9.17) is 11.6 Å². The van der Waals surface area contributed by atoms with Crippen molar-refractivity contribution in [3.8, 4) is 5.69 Å². The van der Waals surface area contributed by atoms with Crippen molar-refractivity contribution in [1.29, 1.82) is 0 Å². The number of carbonyl (C=O) groups is 1. The summed E-state index contributed by atoms with van der Waals surface area (Å²) in [5.74, 6) is 0.0779. The molecule has 4 rings (SSSR count). The van der Waals surface area contributed by atoms with Crippen LogP contribution >= 0.6 is 23.4 Å². The lowest BCUT2D eigenvalue weighted by molar-refractivity contribution is 0.102. The molecule has 2 heterocycles. The van der Waals surface area contributed by atoms with Crippen LogP contribution in [0.15, 0.2) is 72.1 Å². The summed E-state index contributed by atoms with van der Waals surface area (Å²) in [5, 5.41) is 12.4. The fraction of sp³-hybridized carbons (Fsp3) is 0.0952. The molecule has 2 aromatic heterocycles. The molecule has 4 aromatic rings. The second-order valence-electron chi connectivity index (χ2n) is 6.41. The van der Waals surface area contributed by atoms with E-state index in [2.05, 4.69) is 25.6 Å². The van der Waals surface area contributed by atoms with Crippen molar-refractivity contribution in [3.05, 3.63) is 89.0 Å². The summed E-state index contributed by atoms with van der Waals surface area (Å²) in [6.45, 7) is 2.01. The van der Waals surface area contributed by atoms with Crippen LogP contribution in [0.25, 0.3) is 5.69 Å². The molecule has 0 bridgehead atoms. The summed E-state index contributed by atoms with van der Waals surface area (Å²) in [6, 6.07) is 16.5. The number of thioether (sulfide) groups is 1. The van der Waals surface area contributed by atoms with Gasteiger partial charge in [-0.05, 0) is 49.4 Å². The molecule has 0 radical (unpaired) electrons. The van der Waals surface area contributed by atoms with Crippen LogP contribution in [-0.2, 0) is 5.75 Å². The molecule has 9 heteroatoms. The molecule has 2 aromatic carbocycles. The molecule has 1 N–H and O–H groups in total. The number of amides is 1. The average Bonchev–Trinajstić information content (AvgIpc) is 3.19. The highest BCUT2D eigenvalue weighted by atomic mass is 35.5. The first-order valence-electron chi connectivity index (χ1n) is 9.08. The quantitative estimate of drug-likeness (QED) is 0.352. The first kappa shape index (κ1) is 20.1. The van der Waals surface area contributed by atoms with E-state index in [-0.39, 0.29) is 11.6 Å². The van der Waals surface area contributed by atoms with Crippen LogP contribution in [0.2, 0.25) is 5.02 Å². The number of hydrogen-bond donors (Lipinski definition) is 1. The minimum absolute atomic E-state index is 0.244. The zero-order chi connectivity index (χ0) is 20.9. The van der Waals surface area contributed by atoms with Gasteiger partial charge in [-0.25, -0.2) is 14.6 Å². The zero-order valence-electron chi connectivity index (χ0n) is 16.0. The fourth-order valence-corrected chi connectivity index (χ4v) is 3.64. The Bertz CT molecular complexity index is 1150. The number of hydrogen-bond acceptors (Lipinski definition) is 6. The predicted molar refractivity (Wildman–Crippen MR) is 117 cm³/mol. The maximum Gasteiger partial charge on any atom is 0.278 e. The molecule has 30 heavy (non-hydrogen) atoms. The molecule has 0 unspecified atom stereocenters. The fourth-order valence-electron chi connectivity index (χ4n) is 2.72. The first-order valence-corrected chi connectivity index (χ1v) is 10.4. The summed E-state index contributed by atoms with van der Waals surface area (Å²) in [6.07, 6.45) is 3.36. The minimum Gasteiger partial charge on any atom is -0.321 e. The Morgan fingerprint density at radius 1 is 1.07 bits per heavy atom. The highest BCUT2D eigenvalue weighted by Gasteiger charge is 2.21. The molecule has 7 nitrogen and oxygen atoms in total. The lowest BCUT2D eigenvalue weighted by Crippen LogP contribution is -2.15. The third-order valence-corrected chi connectivity index (χ3v) is 5.38. The number of nitrogens with one attached hydrogen (secondary N) is 1. The van der Waals surface area contributed by atoms with E-state index in [1.165, 1.54) is 11.8 Å². The maximum atomic E-state index is 12.9. The van der Waals surface area contributed by atoms with E-state index in [1.54, 1.807) is 47.4 Å². The van der Waals surface area contributed by atoms with Crippen molar-refractivity contribution in [3.63, 3.8) is 0 Å². The van der Waals surface area contributed by atoms with Crippen LogP contribution < -0.4 is 5.32 Å². The standard InChI is InChI=1S/C21H17ClN6OS/c1-14-3-9-17(10-4-14)28-18(13-30-21-23-11-2-12-24-21)19(26-27-28)20(29)25-16-7-5-15(22)6-8-16/h2-12H,13H2,1H3,(H,25,29). The van der Waals surface area contributed by atoms with Gasteiger partial charge in [-0.1, -0.05) is 46.3 Å². The second-order valence-corrected chi connectivity index (χ2v) is 7.79. The molecule has 0 aliphatic heterocycles. The van der Waals surface area contributed by atoms with Crippen molar-refractivity contribution in [2.24, 2.45) is 0 Å². The van der Waals surface area contributed by atoms with Crippen LogP contribution in [0.5, 0.6) is 0 Å². The van der Waals surface area contributed by atoms with E-state index in [0.29, 0.717) is 27.3 Å². The Hall–Kier alpha value is -3.23. The Morgan fingerprint density at radius 3 is 2.47 bits per heavy atom. The van der Waals surface area contributed by atoms with Gasteiger partial charge in [0.2, 0.25) is 0 Å². The highest BCUT2D eigenvalue weighted by Crippen LogP contribution is 2.24. The molecule has 1 amide bonds. The number of halogens is 1. The molecule has 0 spiro atoms. The molecule has 0 aliphatic rings. The molecule has 0 saturated heterocycles. The summed E-state index contributed by atoms with van der Waals surface area (Å²) < 4.78 is 1.67. The van der Waals surface area contributed by atoms with Crippen molar-refractivity contribution in [1.82, 2.24) is 25.0 Å². The average molecular weight is 437 g/mol. The van der Waals surface area contributed by atoms with Crippen molar-refractivity contribution >= 4 is 35.0 Å². The van der Waals surface area contributed by atoms with Crippen molar-refractivity contribution < 1.29 is 4.79 Å². The van der Waals surface area contributed by atoms with Gasteiger partial charge in [-0.15, -0.1) is 5.10 Å². The number of aromatic nitrogens is 5. The molecule has 0 aliphatic carbocycles. The molecule has 0 atom stereocenters. The molecule has 150 valence electrons. The topological polar surface area (TPSA) is 85.6 Å². The predicted octanol–water partition coefficient (Wildman–Crippen LogP) is 4.56. The molecular weight excluding hydrogens is 420 g/mol. The highest BCUT2D eigenvalue weighted by molar-refractivity contribution is 7.98. The Morgan fingerprint density at radius 2 is 1.77 bits per heavy atom. The van der Waals surface area contributed by atoms with Gasteiger partial charge in [0.05, 0.1) is 11.4 Å². The van der Waals surface area contributed by atoms with Crippen LogP contribution in [0, 0.1) is 6.92 Å². The number of nitrogens with zero attached hydrogens (tertiary/aromatic N) is 5. The van der Waals surface area contributed by atoms with Gasteiger partial charge < -0.3 is 5.32 Å². The van der Waals surface area contributed by atoms with Crippen molar-refractivity contribution in [2.75, 3.05) is 5.32 Å². The van der Waals surface area contributed by atoms with Gasteiger partial charge in [0.15, 0.2) is 10.9 Å². The Labute approximate surface area is 182 Å². The summed E-state index contributed by atoms with van der Waals surface area (Å²) >= 11 is 7.33. The van der Waals surface area contributed by atoms with E-state index >= 15 is 0 Å². The number of benzene rings is 2. The van der Waals surface area contributed by atoms with E-state index in [0.717, 1.165) is 11.3 Å². The summed E-state index contributed by atoms with van der Waals surface area (Å²) in [5.41, 5.74) is 3.48. The monoisotopic (exact) mass is 436 g/mol. The van der Waals surface area contributed by atoms with Gasteiger partial charge in [-0.2, -0.15) is 0 Å². The number of carbonyl (C=O) groups excluding carboxylic acids is 1. The minimum atomic E-state index is -0.347. The largest absolute Gasteiger partial charge is 0.321 e. The zero-order valence-corrected chi connectivity index (χ0v) is 17.6. The smallest absolute Gasteiger partial charge is 0.278 e.